The van der Waals surface area contributed by atoms with Crippen molar-refractivity contribution in [2.75, 3.05) is 13.7 Å². The van der Waals surface area contributed by atoms with E-state index < -0.39 is 36.3 Å². The highest BCUT2D eigenvalue weighted by molar-refractivity contribution is 6.04. The Kier molecular flexibility index (Phi) is 8.99. The van der Waals surface area contributed by atoms with Crippen LogP contribution in [-0.2, 0) is 19.1 Å². The highest BCUT2D eigenvalue weighted by atomic mass is 16.7. The monoisotopic (exact) mass is 518 g/mol. The number of aliphatic hydroxyl groups is 1. The van der Waals surface area contributed by atoms with Crippen molar-refractivity contribution >= 4 is 22.8 Å². The van der Waals surface area contributed by atoms with Gasteiger partial charge in [0.1, 0.15) is 42.5 Å². The van der Waals surface area contributed by atoms with Gasteiger partial charge in [0, 0.05) is 11.5 Å². The number of nitrogens with zero attached hydrogens (tertiary/aromatic N) is 1. The number of benzene rings is 1. The number of aliphatic hydroxyl groups excluding tert-OH is 1. The molecule has 3 N–H and O–H groups in total. The zero-order valence-electron chi connectivity index (χ0n) is 21.1. The van der Waals surface area contributed by atoms with Crippen LogP contribution in [0.5, 0.6) is 11.5 Å². The lowest BCUT2D eigenvalue weighted by Crippen LogP contribution is -2.57. The molecule has 0 saturated carbocycles. The summed E-state index contributed by atoms with van der Waals surface area (Å²) in [6.45, 7) is 6.62. The number of oxime groups is 1. The predicted octanol–water partition coefficient (Wildman–Crippen LogP) is 2.35. The molecule has 5 atom stereocenters. The second-order valence-corrected chi connectivity index (χ2v) is 8.42. The number of rotatable bonds is 8. The Morgan fingerprint density at radius 3 is 2.73 bits per heavy atom. The maximum Gasteiger partial charge on any atom is 0.431 e. The van der Waals surface area contributed by atoms with Crippen molar-refractivity contribution in [1.82, 2.24) is 5.48 Å². The van der Waals surface area contributed by atoms with Gasteiger partial charge in [0.15, 0.2) is 6.10 Å². The number of carbonyl (C=O) groups excluding carboxylic acids is 1. The summed E-state index contributed by atoms with van der Waals surface area (Å²) in [5.41, 5.74) is 1.71. The number of carbonyl (C=O) groups is 1. The summed E-state index contributed by atoms with van der Waals surface area (Å²) in [6, 6.07) is 3.04. The van der Waals surface area contributed by atoms with Gasteiger partial charge in [-0.3, -0.25) is 4.84 Å². The van der Waals surface area contributed by atoms with E-state index in [1.165, 1.54) is 26.2 Å². The number of amides is 1. The highest BCUT2D eigenvalue weighted by Crippen LogP contribution is 2.36. The average molecular weight is 519 g/mol. The van der Waals surface area contributed by atoms with Crippen LogP contribution in [-0.4, -0.2) is 60.3 Å². The van der Waals surface area contributed by atoms with Crippen molar-refractivity contribution in [1.29, 1.82) is 0 Å². The molecule has 1 amide bonds. The van der Waals surface area contributed by atoms with E-state index in [9.17, 15) is 19.8 Å². The van der Waals surface area contributed by atoms with E-state index in [-0.39, 0.29) is 46.3 Å². The van der Waals surface area contributed by atoms with Crippen molar-refractivity contribution in [3.63, 3.8) is 0 Å². The summed E-state index contributed by atoms with van der Waals surface area (Å²) in [4.78, 5) is 34.2. The topological polar surface area (TPSA) is 158 Å². The number of aryl methyl sites for hydroxylation is 1. The first-order valence-corrected chi connectivity index (χ1v) is 11.5. The van der Waals surface area contributed by atoms with Gasteiger partial charge in [0.2, 0.25) is 6.29 Å². The quantitative estimate of drug-likeness (QED) is 0.156. The van der Waals surface area contributed by atoms with Gasteiger partial charge < -0.3 is 33.7 Å². The predicted molar refractivity (Wildman–Crippen MR) is 131 cm³/mol. The van der Waals surface area contributed by atoms with E-state index in [4.69, 9.17) is 29.9 Å². The molecule has 0 spiro atoms. The fourth-order valence-corrected chi connectivity index (χ4v) is 4.20. The first-order valence-electron chi connectivity index (χ1n) is 11.5. The summed E-state index contributed by atoms with van der Waals surface area (Å²) in [7, 11) is 1.32. The Morgan fingerprint density at radius 2 is 2.08 bits per heavy atom. The van der Waals surface area contributed by atoms with Crippen molar-refractivity contribution in [2.45, 2.75) is 58.7 Å². The van der Waals surface area contributed by atoms with Crippen molar-refractivity contribution in [3.05, 3.63) is 33.7 Å². The Morgan fingerprint density at radius 1 is 1.35 bits per heavy atom. The summed E-state index contributed by atoms with van der Waals surface area (Å²) in [6.07, 6.45) is 0.698. The van der Waals surface area contributed by atoms with Gasteiger partial charge in [-0.2, -0.15) is 5.48 Å². The summed E-state index contributed by atoms with van der Waals surface area (Å²) >= 11 is 0. The fraction of sp³-hybridized carbons (Fsp3) is 0.480. The van der Waals surface area contributed by atoms with Crippen molar-refractivity contribution in [2.24, 2.45) is 11.1 Å². The van der Waals surface area contributed by atoms with Crippen LogP contribution < -0.4 is 15.8 Å². The number of nitrogens with one attached hydrogen (secondary N) is 1. The highest BCUT2D eigenvalue weighted by Gasteiger charge is 2.46. The first-order chi connectivity index (χ1) is 17.6. The molecule has 12 heteroatoms. The molecule has 1 aromatic carbocycles. The summed E-state index contributed by atoms with van der Waals surface area (Å²) < 4.78 is 22.8. The lowest BCUT2D eigenvalue weighted by molar-refractivity contribution is -0.255. The van der Waals surface area contributed by atoms with Crippen LogP contribution in [0.1, 0.15) is 38.3 Å². The van der Waals surface area contributed by atoms with E-state index in [1.807, 2.05) is 6.92 Å². The second-order valence-electron chi connectivity index (χ2n) is 8.42. The largest absolute Gasteiger partial charge is 0.506 e. The Bertz CT molecular complexity index is 1260. The van der Waals surface area contributed by atoms with E-state index in [0.29, 0.717) is 12.0 Å². The summed E-state index contributed by atoms with van der Waals surface area (Å²) in [5.74, 6) is 1.73. The molecule has 1 aliphatic rings. The molecule has 1 fully saturated rings. The number of aromatic hydroxyl groups is 1. The van der Waals surface area contributed by atoms with Gasteiger partial charge in [0.05, 0.1) is 17.2 Å². The maximum absolute atomic E-state index is 12.6. The van der Waals surface area contributed by atoms with Crippen LogP contribution in [0, 0.1) is 25.2 Å². The van der Waals surface area contributed by atoms with Gasteiger partial charge in [-0.05, 0) is 32.4 Å². The molecule has 0 radical (unpaired) electrons. The molecule has 0 bridgehead atoms. The molecule has 3 rings (SSSR count). The van der Waals surface area contributed by atoms with E-state index >= 15 is 0 Å². The van der Waals surface area contributed by atoms with Crippen LogP contribution in [0.25, 0.3) is 11.0 Å². The average Bonchev–Trinajstić information content (AvgIpc) is 2.85. The van der Waals surface area contributed by atoms with Gasteiger partial charge in [-0.1, -0.05) is 24.9 Å². The smallest absolute Gasteiger partial charge is 0.431 e. The number of hydroxylamine groups is 1. The lowest BCUT2D eigenvalue weighted by atomic mass is 9.89. The van der Waals surface area contributed by atoms with Crippen molar-refractivity contribution < 1.29 is 43.3 Å². The van der Waals surface area contributed by atoms with Crippen LogP contribution in [0.15, 0.2) is 26.5 Å². The van der Waals surface area contributed by atoms with E-state index in [2.05, 4.69) is 21.4 Å². The molecule has 2 heterocycles. The number of fused-ring (bicyclic) bond motifs is 1. The normalized spacial score (nSPS) is 23.8. The fourth-order valence-electron chi connectivity index (χ4n) is 4.20. The number of terminal acetylenes is 1. The third-order valence-corrected chi connectivity index (χ3v) is 6.07. The Hall–Kier alpha value is -3.79. The van der Waals surface area contributed by atoms with Crippen LogP contribution in [0.3, 0.4) is 0 Å². The number of ether oxygens (including phenoxy) is 3. The molecular weight excluding hydrogens is 488 g/mol. The summed E-state index contributed by atoms with van der Waals surface area (Å²) in [5, 5.41) is 25.6. The molecule has 1 aliphatic heterocycles. The molecule has 1 unspecified atom stereocenters. The number of hydrogen-bond acceptors (Lipinski definition) is 11. The van der Waals surface area contributed by atoms with Gasteiger partial charge in [-0.25, -0.2) is 9.59 Å². The SMILES string of the molecule is C#CCONC(=O)O[C@@H]1[C@@H](C)[C@H](CC)OC(Oc2ccc3c(O)c(/C(C)=N/OC)c(=O)oc3c2C)[C@@H]1O. The molecule has 2 aromatic rings. The minimum atomic E-state index is -1.37. The van der Waals surface area contributed by atoms with Crippen LogP contribution in [0.2, 0.25) is 0 Å². The second kappa shape index (κ2) is 12.0. The van der Waals surface area contributed by atoms with Gasteiger partial charge in [-0.15, -0.1) is 6.42 Å². The Balaban J connectivity index is 1.91. The minimum absolute atomic E-state index is 0.0810. The van der Waals surface area contributed by atoms with E-state index in [1.54, 1.807) is 13.8 Å². The molecule has 12 nitrogen and oxygen atoms in total. The zero-order valence-corrected chi connectivity index (χ0v) is 21.1. The van der Waals surface area contributed by atoms with Crippen LogP contribution in [0.4, 0.5) is 4.79 Å². The molecule has 37 heavy (non-hydrogen) atoms. The van der Waals surface area contributed by atoms with Crippen LogP contribution >= 0.6 is 0 Å². The molecule has 1 saturated heterocycles. The molecule has 1 aromatic heterocycles. The third kappa shape index (κ3) is 5.80. The van der Waals surface area contributed by atoms with Gasteiger partial charge in [0.25, 0.3) is 0 Å². The lowest BCUT2D eigenvalue weighted by Gasteiger charge is -2.42. The zero-order chi connectivity index (χ0) is 27.3. The van der Waals surface area contributed by atoms with Gasteiger partial charge >= 0.3 is 11.7 Å². The molecule has 0 aliphatic carbocycles. The number of hydrogen-bond donors (Lipinski definition) is 3. The van der Waals surface area contributed by atoms with E-state index in [0.717, 1.165) is 0 Å². The van der Waals surface area contributed by atoms with Crippen molar-refractivity contribution in [3.8, 4) is 23.8 Å². The first kappa shape index (κ1) is 27.8. The molecule has 200 valence electrons. The molecular formula is C25H30N2O10. The maximum atomic E-state index is 12.6. The standard InChI is InChI=1S/C25H30N2O10/c1-7-11-33-27-25(31)37-22-12(3)16(8-2)34-24(20(22)29)35-17-10-9-15-19(28)18(14(5)26-32-6)23(30)36-21(15)13(17)4/h1,9-10,12,16,20,22,24,28-29H,8,11H2,2-6H3,(H,27,31)/b26-14+/t12-,16-,20+,22+,24?/m0/s1. The minimum Gasteiger partial charge on any atom is -0.506 e. The third-order valence-electron chi connectivity index (χ3n) is 6.07. The Labute approximate surface area is 213 Å².